The fourth-order valence-electron chi connectivity index (χ4n) is 3.89. The monoisotopic (exact) mass is 432 g/mol. The summed E-state index contributed by atoms with van der Waals surface area (Å²) >= 11 is 6.13. The second kappa shape index (κ2) is 9.90. The van der Waals surface area contributed by atoms with Crippen molar-refractivity contribution in [3.63, 3.8) is 0 Å². The first-order valence-corrected chi connectivity index (χ1v) is 11.0. The third-order valence-electron chi connectivity index (χ3n) is 5.58. The first kappa shape index (κ1) is 21.3. The van der Waals surface area contributed by atoms with E-state index in [1.807, 2.05) is 42.5 Å². The lowest BCUT2D eigenvalue weighted by atomic mass is 10.0. The van der Waals surface area contributed by atoms with Crippen LogP contribution in [0.2, 0.25) is 5.02 Å². The van der Waals surface area contributed by atoms with Gasteiger partial charge in [0, 0.05) is 28.3 Å². The van der Waals surface area contributed by atoms with Crippen LogP contribution in [0.1, 0.15) is 51.1 Å². The van der Waals surface area contributed by atoms with Crippen molar-refractivity contribution >= 4 is 29.0 Å². The Morgan fingerprint density at radius 2 is 1.55 bits per heavy atom. The van der Waals surface area contributed by atoms with Crippen LogP contribution in [0.15, 0.2) is 72.8 Å². The highest BCUT2D eigenvalue weighted by Crippen LogP contribution is 2.24. The number of ketones is 1. The molecule has 1 N–H and O–H groups in total. The van der Waals surface area contributed by atoms with E-state index in [4.69, 9.17) is 11.6 Å². The Kier molecular flexibility index (Phi) is 6.80. The van der Waals surface area contributed by atoms with Gasteiger partial charge in [-0.25, -0.2) is 0 Å². The standard InChI is InChI=1S/C26H25ClN2O2/c27-22-13-14-24(23(17-22)25(30)20-7-3-1-4-8-20)28-26(31)21-11-9-19(10-12-21)18-29-15-5-2-6-16-29/h1,3-4,7-14,17H,2,5-6,15-16,18H2,(H,28,31). The predicted molar refractivity (Wildman–Crippen MR) is 125 cm³/mol. The number of carbonyl (C=O) groups excluding carboxylic acids is 2. The van der Waals surface area contributed by atoms with Crippen molar-refractivity contribution in [1.29, 1.82) is 0 Å². The van der Waals surface area contributed by atoms with E-state index in [0.717, 1.165) is 19.6 Å². The minimum Gasteiger partial charge on any atom is -0.321 e. The first-order valence-electron chi connectivity index (χ1n) is 10.6. The number of halogens is 1. The number of likely N-dealkylation sites (tertiary alicyclic amines) is 1. The molecule has 1 amide bonds. The molecule has 1 heterocycles. The number of nitrogens with zero attached hydrogens (tertiary/aromatic N) is 1. The van der Waals surface area contributed by atoms with Gasteiger partial charge >= 0.3 is 0 Å². The normalized spacial score (nSPS) is 14.2. The maximum atomic E-state index is 13.0. The zero-order valence-electron chi connectivity index (χ0n) is 17.3. The average molecular weight is 433 g/mol. The number of amides is 1. The summed E-state index contributed by atoms with van der Waals surface area (Å²) in [4.78, 5) is 28.3. The lowest BCUT2D eigenvalue weighted by molar-refractivity contribution is 0.102. The van der Waals surface area contributed by atoms with Crippen molar-refractivity contribution in [2.45, 2.75) is 25.8 Å². The Morgan fingerprint density at radius 3 is 2.26 bits per heavy atom. The molecule has 0 radical (unpaired) electrons. The van der Waals surface area contributed by atoms with Crippen LogP contribution in [0.3, 0.4) is 0 Å². The van der Waals surface area contributed by atoms with Crippen molar-refractivity contribution < 1.29 is 9.59 Å². The van der Waals surface area contributed by atoms with Gasteiger partial charge in [-0.1, -0.05) is 60.5 Å². The zero-order chi connectivity index (χ0) is 21.6. The molecule has 0 atom stereocenters. The van der Waals surface area contributed by atoms with E-state index in [0.29, 0.717) is 27.4 Å². The molecule has 3 aromatic carbocycles. The number of hydrogen-bond acceptors (Lipinski definition) is 3. The molecule has 0 saturated carbocycles. The molecule has 5 heteroatoms. The minimum atomic E-state index is -0.256. The number of rotatable bonds is 6. The molecule has 4 nitrogen and oxygen atoms in total. The summed E-state index contributed by atoms with van der Waals surface area (Å²) in [6, 6.07) is 21.6. The largest absolute Gasteiger partial charge is 0.321 e. The van der Waals surface area contributed by atoms with Crippen molar-refractivity contribution in [3.05, 3.63) is 100 Å². The molecule has 4 rings (SSSR count). The summed E-state index contributed by atoms with van der Waals surface area (Å²) in [6.45, 7) is 3.18. The quantitative estimate of drug-likeness (QED) is 0.500. The van der Waals surface area contributed by atoms with E-state index in [9.17, 15) is 9.59 Å². The predicted octanol–water partition coefficient (Wildman–Crippen LogP) is 5.81. The van der Waals surface area contributed by atoms with Gasteiger partial charge in [-0.2, -0.15) is 0 Å². The van der Waals surface area contributed by atoms with Gasteiger partial charge < -0.3 is 5.32 Å². The second-order valence-corrected chi connectivity index (χ2v) is 8.31. The Labute approximate surface area is 187 Å². The third-order valence-corrected chi connectivity index (χ3v) is 5.82. The molecule has 1 fully saturated rings. The summed E-state index contributed by atoms with van der Waals surface area (Å²) in [5.41, 5.74) is 3.11. The molecule has 158 valence electrons. The molecular formula is C26H25ClN2O2. The summed E-state index contributed by atoms with van der Waals surface area (Å²) in [5, 5.41) is 3.32. The SMILES string of the molecule is O=C(Nc1ccc(Cl)cc1C(=O)c1ccccc1)c1ccc(CN2CCCCC2)cc1. The number of carbonyl (C=O) groups is 2. The Morgan fingerprint density at radius 1 is 0.839 bits per heavy atom. The summed E-state index contributed by atoms with van der Waals surface area (Å²) in [7, 11) is 0. The van der Waals surface area contributed by atoms with Crippen LogP contribution in [-0.4, -0.2) is 29.7 Å². The molecular weight excluding hydrogens is 408 g/mol. The zero-order valence-corrected chi connectivity index (χ0v) is 18.1. The fourth-order valence-corrected chi connectivity index (χ4v) is 4.06. The maximum absolute atomic E-state index is 13.0. The van der Waals surface area contributed by atoms with Crippen LogP contribution in [0.5, 0.6) is 0 Å². The smallest absolute Gasteiger partial charge is 0.255 e. The van der Waals surface area contributed by atoms with Crippen molar-refractivity contribution in [2.24, 2.45) is 0 Å². The molecule has 1 saturated heterocycles. The molecule has 0 aromatic heterocycles. The summed E-state index contributed by atoms with van der Waals surface area (Å²) in [5.74, 6) is -0.441. The molecule has 1 aliphatic rings. The number of nitrogens with one attached hydrogen (secondary N) is 1. The number of benzene rings is 3. The van der Waals surface area contributed by atoms with E-state index in [1.54, 1.807) is 30.3 Å². The highest BCUT2D eigenvalue weighted by atomic mass is 35.5. The summed E-state index contributed by atoms with van der Waals surface area (Å²) in [6.07, 6.45) is 3.83. The molecule has 31 heavy (non-hydrogen) atoms. The first-order chi connectivity index (χ1) is 15.1. The lowest BCUT2D eigenvalue weighted by Crippen LogP contribution is -2.29. The molecule has 0 bridgehead atoms. The molecule has 0 aliphatic carbocycles. The van der Waals surface area contributed by atoms with E-state index >= 15 is 0 Å². The van der Waals surface area contributed by atoms with Gasteiger partial charge in [-0.3, -0.25) is 14.5 Å². The lowest BCUT2D eigenvalue weighted by Gasteiger charge is -2.26. The van der Waals surface area contributed by atoms with Gasteiger partial charge in [0.15, 0.2) is 5.78 Å². The molecule has 1 aliphatic heterocycles. The number of piperidine rings is 1. The molecule has 0 spiro atoms. The van der Waals surface area contributed by atoms with Gasteiger partial charge in [0.05, 0.1) is 5.69 Å². The molecule has 0 unspecified atom stereocenters. The minimum absolute atomic E-state index is 0.185. The van der Waals surface area contributed by atoms with Crippen LogP contribution in [-0.2, 0) is 6.54 Å². The van der Waals surface area contributed by atoms with Gasteiger partial charge in [-0.15, -0.1) is 0 Å². The Hall–Kier alpha value is -2.95. The Bertz CT molecular complexity index is 1060. The van der Waals surface area contributed by atoms with Gasteiger partial charge in [-0.05, 0) is 61.8 Å². The van der Waals surface area contributed by atoms with Gasteiger partial charge in [0.25, 0.3) is 5.91 Å². The fraction of sp³-hybridized carbons (Fsp3) is 0.231. The Balaban J connectivity index is 1.49. The van der Waals surface area contributed by atoms with Gasteiger partial charge in [0.2, 0.25) is 0 Å². The maximum Gasteiger partial charge on any atom is 0.255 e. The van der Waals surface area contributed by atoms with E-state index in [1.165, 1.54) is 24.8 Å². The topological polar surface area (TPSA) is 49.4 Å². The van der Waals surface area contributed by atoms with E-state index < -0.39 is 0 Å². The second-order valence-electron chi connectivity index (χ2n) is 7.87. The van der Waals surface area contributed by atoms with Crippen LogP contribution in [0.4, 0.5) is 5.69 Å². The molecule has 3 aromatic rings. The van der Waals surface area contributed by atoms with Gasteiger partial charge in [0.1, 0.15) is 0 Å². The third kappa shape index (κ3) is 5.40. The van der Waals surface area contributed by atoms with Crippen LogP contribution in [0, 0.1) is 0 Å². The number of anilines is 1. The van der Waals surface area contributed by atoms with Crippen molar-refractivity contribution in [1.82, 2.24) is 4.90 Å². The van der Waals surface area contributed by atoms with E-state index in [-0.39, 0.29) is 11.7 Å². The van der Waals surface area contributed by atoms with Crippen LogP contribution in [0.25, 0.3) is 0 Å². The number of hydrogen-bond donors (Lipinski definition) is 1. The highest BCUT2D eigenvalue weighted by Gasteiger charge is 2.17. The van der Waals surface area contributed by atoms with Crippen molar-refractivity contribution in [2.75, 3.05) is 18.4 Å². The summed E-state index contributed by atoms with van der Waals surface area (Å²) < 4.78 is 0. The van der Waals surface area contributed by atoms with E-state index in [2.05, 4.69) is 10.2 Å². The highest BCUT2D eigenvalue weighted by molar-refractivity contribution is 6.31. The van der Waals surface area contributed by atoms with Crippen LogP contribution < -0.4 is 5.32 Å². The average Bonchev–Trinajstić information content (AvgIpc) is 2.81. The van der Waals surface area contributed by atoms with Crippen LogP contribution >= 0.6 is 11.6 Å². The van der Waals surface area contributed by atoms with Crippen molar-refractivity contribution in [3.8, 4) is 0 Å².